The summed E-state index contributed by atoms with van der Waals surface area (Å²) in [5.41, 5.74) is 1.30. The van der Waals surface area contributed by atoms with E-state index in [0.717, 1.165) is 5.56 Å². The number of nitrogens with one attached hydrogen (secondary N) is 1. The van der Waals surface area contributed by atoms with Gasteiger partial charge in [0.2, 0.25) is 0 Å². The highest BCUT2D eigenvalue weighted by atomic mass is 35.5. The van der Waals surface area contributed by atoms with Crippen LogP contribution >= 0.6 is 11.6 Å². The van der Waals surface area contributed by atoms with Gasteiger partial charge < -0.3 is 24.1 Å². The van der Waals surface area contributed by atoms with Crippen LogP contribution in [0.5, 0.6) is 17.2 Å². The molecule has 0 radical (unpaired) electrons. The maximum absolute atomic E-state index is 12.9. The molecule has 0 fully saturated rings. The molecule has 0 spiro atoms. The van der Waals surface area contributed by atoms with Crippen molar-refractivity contribution < 1.29 is 19.0 Å². The average Bonchev–Trinajstić information content (AvgIpc) is 2.76. The molecular weight excluding hydrogens is 408 g/mol. The zero-order valence-electron chi connectivity index (χ0n) is 16.8. The summed E-state index contributed by atoms with van der Waals surface area (Å²) in [5, 5.41) is 3.35. The molecule has 0 aliphatic carbocycles. The Morgan fingerprint density at radius 2 is 1.63 bits per heavy atom. The summed E-state index contributed by atoms with van der Waals surface area (Å²) in [6, 6.07) is 13.3. The molecule has 0 aliphatic heterocycles. The van der Waals surface area contributed by atoms with Gasteiger partial charge in [-0.2, -0.15) is 0 Å². The smallest absolute Gasteiger partial charge is 0.259 e. The molecule has 0 saturated heterocycles. The van der Waals surface area contributed by atoms with Crippen molar-refractivity contribution in [3.05, 3.63) is 81.2 Å². The minimum absolute atomic E-state index is 0.211. The zero-order chi connectivity index (χ0) is 21.7. The van der Waals surface area contributed by atoms with Crippen LogP contribution in [0.15, 0.2) is 59.5 Å². The predicted octanol–water partition coefficient (Wildman–Crippen LogP) is 3.83. The summed E-state index contributed by atoms with van der Waals surface area (Å²) < 4.78 is 17.3. The molecule has 1 N–H and O–H groups in total. The summed E-state index contributed by atoms with van der Waals surface area (Å²) in [5.74, 6) is 0.747. The SMILES string of the molecule is COc1cc(OC)c(C(=O)Nc2ccc(=O)n(Cc3ccccc3Cl)c2)cc1OC. The number of rotatable bonds is 7. The van der Waals surface area contributed by atoms with Gasteiger partial charge >= 0.3 is 0 Å². The number of pyridine rings is 1. The van der Waals surface area contributed by atoms with Gasteiger partial charge in [0, 0.05) is 29.4 Å². The Morgan fingerprint density at radius 1 is 0.967 bits per heavy atom. The number of nitrogens with zero attached hydrogens (tertiary/aromatic N) is 1. The third-order valence-corrected chi connectivity index (χ3v) is 4.86. The van der Waals surface area contributed by atoms with Crippen molar-refractivity contribution in [2.75, 3.05) is 26.6 Å². The lowest BCUT2D eigenvalue weighted by molar-refractivity contribution is 0.102. The zero-order valence-corrected chi connectivity index (χ0v) is 17.5. The number of ether oxygens (including phenoxy) is 3. The fourth-order valence-corrected chi connectivity index (χ4v) is 3.14. The van der Waals surface area contributed by atoms with Crippen molar-refractivity contribution in [1.29, 1.82) is 0 Å². The lowest BCUT2D eigenvalue weighted by Gasteiger charge is -2.15. The predicted molar refractivity (Wildman–Crippen MR) is 115 cm³/mol. The van der Waals surface area contributed by atoms with Crippen LogP contribution in [0.25, 0.3) is 0 Å². The molecule has 1 amide bonds. The molecule has 0 atom stereocenters. The van der Waals surface area contributed by atoms with E-state index in [0.29, 0.717) is 28.0 Å². The molecule has 156 valence electrons. The third-order valence-electron chi connectivity index (χ3n) is 4.49. The average molecular weight is 429 g/mol. The number of carbonyl (C=O) groups is 1. The third kappa shape index (κ3) is 4.58. The van der Waals surface area contributed by atoms with Gasteiger partial charge in [0.1, 0.15) is 5.75 Å². The van der Waals surface area contributed by atoms with Crippen LogP contribution in [0.2, 0.25) is 5.02 Å². The monoisotopic (exact) mass is 428 g/mol. The summed E-state index contributed by atoms with van der Waals surface area (Å²) in [6.45, 7) is 0.280. The molecule has 2 aromatic carbocycles. The van der Waals surface area contributed by atoms with Gasteiger partial charge in [-0.25, -0.2) is 0 Å². The summed E-state index contributed by atoms with van der Waals surface area (Å²) >= 11 is 6.20. The summed E-state index contributed by atoms with van der Waals surface area (Å²) in [6.07, 6.45) is 1.57. The number of aromatic nitrogens is 1. The first-order valence-electron chi connectivity index (χ1n) is 9.02. The normalized spacial score (nSPS) is 10.4. The number of halogens is 1. The van der Waals surface area contributed by atoms with Gasteiger partial charge in [0.25, 0.3) is 11.5 Å². The number of hydrogen-bond donors (Lipinski definition) is 1. The largest absolute Gasteiger partial charge is 0.496 e. The highest BCUT2D eigenvalue weighted by Gasteiger charge is 2.18. The minimum Gasteiger partial charge on any atom is -0.496 e. The van der Waals surface area contributed by atoms with Gasteiger partial charge in [-0.3, -0.25) is 9.59 Å². The molecule has 1 aromatic heterocycles. The Kier molecular flexibility index (Phi) is 6.64. The van der Waals surface area contributed by atoms with Crippen molar-refractivity contribution in [2.24, 2.45) is 0 Å². The number of amides is 1. The molecule has 1 heterocycles. The molecule has 0 aliphatic rings. The van der Waals surface area contributed by atoms with E-state index in [2.05, 4.69) is 5.32 Å². The molecular formula is C22H21ClN2O5. The summed E-state index contributed by atoms with van der Waals surface area (Å²) in [4.78, 5) is 25.1. The Hall–Kier alpha value is -3.45. The molecule has 30 heavy (non-hydrogen) atoms. The van der Waals surface area contributed by atoms with Crippen molar-refractivity contribution in [2.45, 2.75) is 6.54 Å². The van der Waals surface area contributed by atoms with Gasteiger partial charge in [-0.15, -0.1) is 0 Å². The molecule has 0 unspecified atom stereocenters. The van der Waals surface area contributed by atoms with E-state index >= 15 is 0 Å². The van der Waals surface area contributed by atoms with Crippen molar-refractivity contribution in [3.8, 4) is 17.2 Å². The second-order valence-electron chi connectivity index (χ2n) is 6.34. The van der Waals surface area contributed by atoms with E-state index in [4.69, 9.17) is 25.8 Å². The van der Waals surface area contributed by atoms with E-state index < -0.39 is 5.91 Å². The molecule has 0 saturated carbocycles. The van der Waals surface area contributed by atoms with E-state index in [-0.39, 0.29) is 17.7 Å². The first-order chi connectivity index (χ1) is 14.5. The molecule has 3 aromatic rings. The quantitative estimate of drug-likeness (QED) is 0.618. The van der Waals surface area contributed by atoms with Crippen molar-refractivity contribution in [3.63, 3.8) is 0 Å². The molecule has 8 heteroatoms. The Morgan fingerprint density at radius 3 is 2.30 bits per heavy atom. The van der Waals surface area contributed by atoms with E-state index in [1.807, 2.05) is 18.2 Å². The number of hydrogen-bond acceptors (Lipinski definition) is 5. The number of anilines is 1. The van der Waals surface area contributed by atoms with Crippen LogP contribution in [-0.2, 0) is 6.54 Å². The van der Waals surface area contributed by atoms with Crippen molar-refractivity contribution >= 4 is 23.2 Å². The molecule has 7 nitrogen and oxygen atoms in total. The Balaban J connectivity index is 1.89. The maximum atomic E-state index is 12.9. The molecule has 3 rings (SSSR count). The topological polar surface area (TPSA) is 78.8 Å². The van der Waals surface area contributed by atoms with Crippen LogP contribution in [0, 0.1) is 0 Å². The van der Waals surface area contributed by atoms with Crippen LogP contribution in [-0.4, -0.2) is 31.8 Å². The first-order valence-corrected chi connectivity index (χ1v) is 9.40. The number of carbonyl (C=O) groups excluding carboxylic acids is 1. The standard InChI is InChI=1S/C22H21ClN2O5/c1-28-18-11-20(30-3)19(29-2)10-16(18)22(27)24-15-8-9-21(26)25(13-15)12-14-6-4-5-7-17(14)23/h4-11,13H,12H2,1-3H3,(H,24,27). The van der Waals surface area contributed by atoms with E-state index in [1.165, 1.54) is 44.1 Å². The second kappa shape index (κ2) is 9.37. The van der Waals surface area contributed by atoms with Crippen LogP contribution < -0.4 is 25.1 Å². The minimum atomic E-state index is -0.421. The van der Waals surface area contributed by atoms with Gasteiger partial charge in [0.05, 0.1) is 39.1 Å². The van der Waals surface area contributed by atoms with E-state index in [9.17, 15) is 9.59 Å². The first kappa shape index (κ1) is 21.3. The summed E-state index contributed by atoms with van der Waals surface area (Å²) in [7, 11) is 4.44. The number of benzene rings is 2. The second-order valence-corrected chi connectivity index (χ2v) is 6.74. The Labute approximate surface area is 178 Å². The van der Waals surface area contributed by atoms with Crippen molar-refractivity contribution in [1.82, 2.24) is 4.57 Å². The highest BCUT2D eigenvalue weighted by molar-refractivity contribution is 6.31. The lowest BCUT2D eigenvalue weighted by atomic mass is 10.1. The Bertz CT molecular complexity index is 1130. The van der Waals surface area contributed by atoms with E-state index in [1.54, 1.807) is 18.3 Å². The fraction of sp³-hybridized carbons (Fsp3) is 0.182. The van der Waals surface area contributed by atoms with Gasteiger partial charge in [-0.1, -0.05) is 29.8 Å². The number of methoxy groups -OCH3 is 3. The lowest BCUT2D eigenvalue weighted by Crippen LogP contribution is -2.21. The van der Waals surface area contributed by atoms with Crippen LogP contribution in [0.1, 0.15) is 15.9 Å². The highest BCUT2D eigenvalue weighted by Crippen LogP contribution is 2.34. The van der Waals surface area contributed by atoms with Crippen LogP contribution in [0.4, 0.5) is 5.69 Å². The molecule has 0 bridgehead atoms. The van der Waals surface area contributed by atoms with Crippen LogP contribution in [0.3, 0.4) is 0 Å². The fourth-order valence-electron chi connectivity index (χ4n) is 2.94. The maximum Gasteiger partial charge on any atom is 0.259 e. The van der Waals surface area contributed by atoms with Gasteiger partial charge in [-0.05, 0) is 17.7 Å². The van der Waals surface area contributed by atoms with Gasteiger partial charge in [0.15, 0.2) is 11.5 Å².